The molecule has 16 heavy (non-hydrogen) atoms. The summed E-state index contributed by atoms with van der Waals surface area (Å²) in [6, 6.07) is 8.06. The van der Waals surface area contributed by atoms with Gasteiger partial charge in [0.15, 0.2) is 5.78 Å². The van der Waals surface area contributed by atoms with Gasteiger partial charge in [0.2, 0.25) is 0 Å². The Hall–Kier alpha value is -1.83. The van der Waals surface area contributed by atoms with Crippen molar-refractivity contribution in [2.45, 2.75) is 19.8 Å². The van der Waals surface area contributed by atoms with Crippen molar-refractivity contribution < 1.29 is 4.79 Å². The minimum absolute atomic E-state index is 0.186. The van der Waals surface area contributed by atoms with E-state index in [0.29, 0.717) is 6.42 Å². The van der Waals surface area contributed by atoms with E-state index in [1.54, 1.807) is 6.08 Å². The van der Waals surface area contributed by atoms with E-state index in [4.69, 9.17) is 0 Å². The number of hydrogen-bond donors (Lipinski definition) is 1. The predicted molar refractivity (Wildman–Crippen MR) is 66.3 cm³/mol. The van der Waals surface area contributed by atoms with Gasteiger partial charge in [-0.1, -0.05) is 30.9 Å². The van der Waals surface area contributed by atoms with Crippen LogP contribution in [0.1, 0.15) is 18.4 Å². The first kappa shape index (κ1) is 10.7. The zero-order valence-corrected chi connectivity index (χ0v) is 9.42. The van der Waals surface area contributed by atoms with E-state index in [2.05, 4.69) is 11.9 Å². The SMILES string of the molecule is C=CC1=C(Nc2ccccc2C)CCC1=O. The van der Waals surface area contributed by atoms with E-state index >= 15 is 0 Å². The lowest BCUT2D eigenvalue weighted by Gasteiger charge is -2.10. The second kappa shape index (κ2) is 4.35. The van der Waals surface area contributed by atoms with Crippen molar-refractivity contribution in [3.05, 3.63) is 53.8 Å². The summed E-state index contributed by atoms with van der Waals surface area (Å²) in [5.41, 5.74) is 3.97. The lowest BCUT2D eigenvalue weighted by molar-refractivity contribution is -0.114. The van der Waals surface area contributed by atoms with Gasteiger partial charge in [-0.15, -0.1) is 0 Å². The van der Waals surface area contributed by atoms with Crippen LogP contribution in [0.15, 0.2) is 48.2 Å². The molecule has 0 fully saturated rings. The highest BCUT2D eigenvalue weighted by Gasteiger charge is 2.20. The van der Waals surface area contributed by atoms with Crippen LogP contribution in [0.25, 0.3) is 0 Å². The number of rotatable bonds is 3. The van der Waals surface area contributed by atoms with Crippen molar-refractivity contribution in [1.29, 1.82) is 0 Å². The van der Waals surface area contributed by atoms with Gasteiger partial charge in [-0.3, -0.25) is 4.79 Å². The molecule has 1 aliphatic rings. The van der Waals surface area contributed by atoms with Gasteiger partial charge in [-0.2, -0.15) is 0 Å². The molecule has 0 bridgehead atoms. The van der Waals surface area contributed by atoms with Gasteiger partial charge in [0, 0.05) is 23.4 Å². The molecule has 0 atom stereocenters. The van der Waals surface area contributed by atoms with E-state index in [-0.39, 0.29) is 5.78 Å². The molecule has 0 aromatic heterocycles. The number of anilines is 1. The summed E-state index contributed by atoms with van der Waals surface area (Å²) < 4.78 is 0. The number of hydrogen-bond acceptors (Lipinski definition) is 2. The van der Waals surface area contributed by atoms with Crippen LogP contribution < -0.4 is 5.32 Å². The number of ketones is 1. The van der Waals surface area contributed by atoms with Crippen molar-refractivity contribution in [1.82, 2.24) is 0 Å². The Balaban J connectivity index is 2.29. The monoisotopic (exact) mass is 213 g/mol. The van der Waals surface area contributed by atoms with Crippen LogP contribution in [0.2, 0.25) is 0 Å². The summed E-state index contributed by atoms with van der Waals surface area (Å²) in [7, 11) is 0. The summed E-state index contributed by atoms with van der Waals surface area (Å²) in [5, 5.41) is 3.33. The maximum atomic E-state index is 11.5. The second-order valence-electron chi connectivity index (χ2n) is 3.96. The van der Waals surface area contributed by atoms with Crippen LogP contribution in [-0.4, -0.2) is 5.78 Å². The van der Waals surface area contributed by atoms with E-state index in [1.165, 1.54) is 5.56 Å². The number of allylic oxidation sites excluding steroid dienone is 3. The molecular weight excluding hydrogens is 198 g/mol. The molecule has 1 aliphatic carbocycles. The molecule has 0 unspecified atom stereocenters. The standard InChI is InChI=1S/C14H15NO/c1-3-11-13(8-9-14(11)16)15-12-7-5-4-6-10(12)2/h3-7,15H,1,8-9H2,2H3. The summed E-state index contributed by atoms with van der Waals surface area (Å²) in [6.45, 7) is 5.74. The summed E-state index contributed by atoms with van der Waals surface area (Å²) in [4.78, 5) is 11.5. The molecule has 0 heterocycles. The first-order chi connectivity index (χ1) is 7.72. The number of para-hydroxylation sites is 1. The normalized spacial score (nSPS) is 15.4. The lowest BCUT2D eigenvalue weighted by atomic mass is 10.1. The van der Waals surface area contributed by atoms with Gasteiger partial charge >= 0.3 is 0 Å². The lowest BCUT2D eigenvalue weighted by Crippen LogP contribution is -2.01. The highest BCUT2D eigenvalue weighted by Crippen LogP contribution is 2.26. The maximum Gasteiger partial charge on any atom is 0.164 e. The molecule has 82 valence electrons. The van der Waals surface area contributed by atoms with E-state index in [9.17, 15) is 4.79 Å². The second-order valence-corrected chi connectivity index (χ2v) is 3.96. The van der Waals surface area contributed by atoms with Gasteiger partial charge in [0.1, 0.15) is 0 Å². The van der Waals surface area contributed by atoms with Gasteiger partial charge in [0.25, 0.3) is 0 Å². The third-order valence-corrected chi connectivity index (χ3v) is 2.86. The van der Waals surface area contributed by atoms with Gasteiger partial charge < -0.3 is 5.32 Å². The first-order valence-corrected chi connectivity index (χ1v) is 5.44. The topological polar surface area (TPSA) is 29.1 Å². The Morgan fingerprint density at radius 3 is 2.75 bits per heavy atom. The van der Waals surface area contributed by atoms with Crippen molar-refractivity contribution in [2.24, 2.45) is 0 Å². The third-order valence-electron chi connectivity index (χ3n) is 2.86. The average Bonchev–Trinajstić information content (AvgIpc) is 2.63. The van der Waals surface area contributed by atoms with Crippen LogP contribution in [0.4, 0.5) is 5.69 Å². The molecule has 0 saturated carbocycles. The number of carbonyl (C=O) groups is 1. The van der Waals surface area contributed by atoms with Crippen molar-refractivity contribution >= 4 is 11.5 Å². The van der Waals surface area contributed by atoms with Gasteiger partial charge in [-0.25, -0.2) is 0 Å². The minimum Gasteiger partial charge on any atom is -0.358 e. The number of carbonyl (C=O) groups excluding carboxylic acids is 1. The Bertz CT molecular complexity index is 471. The highest BCUT2D eigenvalue weighted by molar-refractivity contribution is 6.01. The summed E-state index contributed by atoms with van der Waals surface area (Å²) in [5.74, 6) is 0.186. The Kier molecular flexibility index (Phi) is 2.91. The van der Waals surface area contributed by atoms with Crippen molar-refractivity contribution in [3.8, 4) is 0 Å². The fourth-order valence-electron chi connectivity index (χ4n) is 1.92. The van der Waals surface area contributed by atoms with Crippen LogP contribution in [0.5, 0.6) is 0 Å². The van der Waals surface area contributed by atoms with Crippen molar-refractivity contribution in [2.75, 3.05) is 5.32 Å². The average molecular weight is 213 g/mol. The molecule has 2 heteroatoms. The minimum atomic E-state index is 0.186. The largest absolute Gasteiger partial charge is 0.358 e. The van der Waals surface area contributed by atoms with Gasteiger partial charge in [-0.05, 0) is 25.0 Å². The molecule has 2 rings (SSSR count). The van der Waals surface area contributed by atoms with Crippen LogP contribution in [0.3, 0.4) is 0 Å². The first-order valence-electron chi connectivity index (χ1n) is 5.44. The molecule has 0 spiro atoms. The van der Waals surface area contributed by atoms with Crippen LogP contribution in [0, 0.1) is 6.92 Å². The van der Waals surface area contributed by atoms with Crippen molar-refractivity contribution in [3.63, 3.8) is 0 Å². The smallest absolute Gasteiger partial charge is 0.164 e. The summed E-state index contributed by atoms with van der Waals surface area (Å²) >= 11 is 0. The Morgan fingerprint density at radius 2 is 2.06 bits per heavy atom. The summed E-state index contributed by atoms with van der Waals surface area (Å²) in [6.07, 6.45) is 3.03. The fraction of sp³-hybridized carbons (Fsp3) is 0.214. The van der Waals surface area contributed by atoms with E-state index in [1.807, 2.05) is 31.2 Å². The van der Waals surface area contributed by atoms with E-state index in [0.717, 1.165) is 23.4 Å². The quantitative estimate of drug-likeness (QED) is 0.835. The number of nitrogens with one attached hydrogen (secondary N) is 1. The van der Waals surface area contributed by atoms with Gasteiger partial charge in [0.05, 0.1) is 0 Å². The molecule has 2 nitrogen and oxygen atoms in total. The third kappa shape index (κ3) is 1.91. The molecule has 0 aliphatic heterocycles. The molecule has 0 radical (unpaired) electrons. The zero-order valence-electron chi connectivity index (χ0n) is 9.42. The maximum absolute atomic E-state index is 11.5. The van der Waals surface area contributed by atoms with Crippen LogP contribution in [-0.2, 0) is 4.79 Å². The Morgan fingerprint density at radius 1 is 1.31 bits per heavy atom. The molecule has 1 aromatic carbocycles. The zero-order chi connectivity index (χ0) is 11.5. The molecule has 0 amide bonds. The Labute approximate surface area is 95.7 Å². The predicted octanol–water partition coefficient (Wildman–Crippen LogP) is 3.21. The number of Topliss-reactive ketones (excluding diaryl/α,β-unsaturated/α-hetero) is 1. The van der Waals surface area contributed by atoms with E-state index < -0.39 is 0 Å². The molecule has 1 N–H and O–H groups in total. The molecular formula is C14H15NO. The number of aryl methyl sites for hydroxylation is 1. The molecule has 1 aromatic rings. The highest BCUT2D eigenvalue weighted by atomic mass is 16.1. The number of benzene rings is 1. The molecule has 0 saturated heterocycles. The van der Waals surface area contributed by atoms with Crippen LogP contribution >= 0.6 is 0 Å². The fourth-order valence-corrected chi connectivity index (χ4v) is 1.92.